The van der Waals surface area contributed by atoms with E-state index in [9.17, 15) is 4.79 Å². The standard InChI is InChI=1S/C12H10O2.Y/c1-8-2-3-10-7-11(12(13)14)5-4-9(10)6-8;/h2-7H,1H3,(H,13,14);. The molecular weight excluding hydrogens is 265 g/mol. The van der Waals surface area contributed by atoms with Crippen LogP contribution in [-0.2, 0) is 32.7 Å². The number of carbonyl (C=O) groups is 1. The molecule has 0 fully saturated rings. The van der Waals surface area contributed by atoms with Crippen LogP contribution in [0.5, 0.6) is 0 Å². The van der Waals surface area contributed by atoms with Crippen LogP contribution in [0.25, 0.3) is 10.8 Å². The third kappa shape index (κ3) is 2.64. The van der Waals surface area contributed by atoms with Gasteiger partial charge in [-0.3, -0.25) is 0 Å². The molecule has 0 heterocycles. The fourth-order valence-corrected chi connectivity index (χ4v) is 1.50. The monoisotopic (exact) mass is 275 g/mol. The van der Waals surface area contributed by atoms with Crippen molar-refractivity contribution >= 4 is 16.7 Å². The predicted octanol–water partition coefficient (Wildman–Crippen LogP) is 2.84. The Labute approximate surface area is 113 Å². The van der Waals surface area contributed by atoms with Gasteiger partial charge in [-0.1, -0.05) is 29.8 Å². The Bertz CT molecular complexity index is 506. The van der Waals surface area contributed by atoms with Gasteiger partial charge in [0.1, 0.15) is 0 Å². The van der Waals surface area contributed by atoms with E-state index in [4.69, 9.17) is 5.11 Å². The Hall–Kier alpha value is -0.726. The summed E-state index contributed by atoms with van der Waals surface area (Å²) in [6.07, 6.45) is 0. The topological polar surface area (TPSA) is 37.3 Å². The van der Waals surface area contributed by atoms with Gasteiger partial charge in [0.2, 0.25) is 0 Å². The summed E-state index contributed by atoms with van der Waals surface area (Å²) in [7, 11) is 0. The summed E-state index contributed by atoms with van der Waals surface area (Å²) in [6.45, 7) is 2.02. The van der Waals surface area contributed by atoms with E-state index in [2.05, 4.69) is 0 Å². The zero-order valence-corrected chi connectivity index (χ0v) is 11.2. The van der Waals surface area contributed by atoms with E-state index in [-0.39, 0.29) is 32.7 Å². The van der Waals surface area contributed by atoms with E-state index >= 15 is 0 Å². The van der Waals surface area contributed by atoms with Crippen LogP contribution >= 0.6 is 0 Å². The molecule has 0 amide bonds. The molecule has 0 saturated heterocycles. The van der Waals surface area contributed by atoms with Crippen molar-refractivity contribution < 1.29 is 42.6 Å². The summed E-state index contributed by atoms with van der Waals surface area (Å²) < 4.78 is 0. The second-order valence-corrected chi connectivity index (χ2v) is 3.37. The van der Waals surface area contributed by atoms with Gasteiger partial charge in [0.05, 0.1) is 5.56 Å². The Morgan fingerprint density at radius 3 is 2.33 bits per heavy atom. The van der Waals surface area contributed by atoms with Gasteiger partial charge in [-0.25, -0.2) is 4.79 Å². The Morgan fingerprint density at radius 1 is 1.07 bits per heavy atom. The minimum atomic E-state index is -0.882. The Kier molecular flexibility index (Phi) is 4.00. The number of carboxylic acids is 1. The second kappa shape index (κ2) is 4.87. The van der Waals surface area contributed by atoms with Gasteiger partial charge in [-0.05, 0) is 29.8 Å². The van der Waals surface area contributed by atoms with Crippen molar-refractivity contribution in [3.63, 3.8) is 0 Å². The van der Waals surface area contributed by atoms with E-state index in [0.717, 1.165) is 10.8 Å². The van der Waals surface area contributed by atoms with E-state index in [1.807, 2.05) is 31.2 Å². The molecule has 0 aliphatic rings. The minimum absolute atomic E-state index is 0. The number of benzene rings is 2. The molecule has 2 aromatic rings. The van der Waals surface area contributed by atoms with Crippen LogP contribution in [0.1, 0.15) is 15.9 Å². The number of hydrogen-bond donors (Lipinski definition) is 1. The number of aryl methyl sites for hydroxylation is 1. The van der Waals surface area contributed by atoms with Gasteiger partial charge < -0.3 is 5.11 Å². The molecule has 15 heavy (non-hydrogen) atoms. The normalized spacial score (nSPS) is 9.67. The van der Waals surface area contributed by atoms with Crippen molar-refractivity contribution in [2.75, 3.05) is 0 Å². The van der Waals surface area contributed by atoms with Crippen molar-refractivity contribution in [1.29, 1.82) is 0 Å². The largest absolute Gasteiger partial charge is 0.478 e. The van der Waals surface area contributed by atoms with Crippen LogP contribution < -0.4 is 0 Å². The third-order valence-electron chi connectivity index (χ3n) is 2.24. The van der Waals surface area contributed by atoms with Crippen molar-refractivity contribution in [2.45, 2.75) is 6.92 Å². The first-order valence-electron chi connectivity index (χ1n) is 4.40. The summed E-state index contributed by atoms with van der Waals surface area (Å²) >= 11 is 0. The molecule has 0 aromatic heterocycles. The minimum Gasteiger partial charge on any atom is -0.478 e. The van der Waals surface area contributed by atoms with Gasteiger partial charge in [-0.15, -0.1) is 0 Å². The van der Waals surface area contributed by atoms with Crippen molar-refractivity contribution in [1.82, 2.24) is 0 Å². The van der Waals surface area contributed by atoms with Crippen LogP contribution in [0.15, 0.2) is 36.4 Å². The molecular formula is C12H10O2Y. The molecule has 0 bridgehead atoms. The average molecular weight is 275 g/mol. The van der Waals surface area contributed by atoms with Crippen LogP contribution in [0.4, 0.5) is 0 Å². The van der Waals surface area contributed by atoms with E-state index in [0.29, 0.717) is 5.56 Å². The zero-order chi connectivity index (χ0) is 10.1. The van der Waals surface area contributed by atoms with E-state index in [1.54, 1.807) is 12.1 Å². The summed E-state index contributed by atoms with van der Waals surface area (Å²) in [5.41, 5.74) is 1.52. The Morgan fingerprint density at radius 2 is 1.67 bits per heavy atom. The predicted molar refractivity (Wildman–Crippen MR) is 55.6 cm³/mol. The molecule has 0 atom stereocenters. The summed E-state index contributed by atoms with van der Waals surface area (Å²) in [5.74, 6) is -0.882. The zero-order valence-electron chi connectivity index (χ0n) is 8.40. The number of carboxylic acid groups (broad SMARTS) is 1. The van der Waals surface area contributed by atoms with Crippen molar-refractivity contribution in [2.24, 2.45) is 0 Å². The first-order chi connectivity index (χ1) is 6.66. The maximum absolute atomic E-state index is 10.7. The molecule has 0 aliphatic heterocycles. The maximum atomic E-state index is 10.7. The molecule has 0 aliphatic carbocycles. The average Bonchev–Trinajstić information content (AvgIpc) is 2.16. The molecule has 0 unspecified atom stereocenters. The van der Waals surface area contributed by atoms with Gasteiger partial charge in [0, 0.05) is 32.7 Å². The molecule has 2 nitrogen and oxygen atoms in total. The maximum Gasteiger partial charge on any atom is 0.335 e. The van der Waals surface area contributed by atoms with Gasteiger partial charge in [0.15, 0.2) is 0 Å². The SMILES string of the molecule is Cc1ccc2cc(C(=O)O)ccc2c1.[Y]. The molecule has 1 N–H and O–H groups in total. The van der Waals surface area contributed by atoms with Crippen LogP contribution in [0.2, 0.25) is 0 Å². The van der Waals surface area contributed by atoms with Crippen molar-refractivity contribution in [3.8, 4) is 0 Å². The Balaban J connectivity index is 0.00000112. The molecule has 2 rings (SSSR count). The fraction of sp³-hybridized carbons (Fsp3) is 0.0833. The van der Waals surface area contributed by atoms with Crippen molar-refractivity contribution in [3.05, 3.63) is 47.5 Å². The molecule has 1 radical (unpaired) electrons. The van der Waals surface area contributed by atoms with Gasteiger partial charge in [-0.2, -0.15) is 0 Å². The number of hydrogen-bond acceptors (Lipinski definition) is 1. The van der Waals surface area contributed by atoms with Crippen LogP contribution in [0, 0.1) is 6.92 Å². The molecule has 3 heteroatoms. The molecule has 0 saturated carbocycles. The van der Waals surface area contributed by atoms with Crippen LogP contribution in [-0.4, -0.2) is 11.1 Å². The second-order valence-electron chi connectivity index (χ2n) is 3.37. The van der Waals surface area contributed by atoms with Gasteiger partial charge >= 0.3 is 5.97 Å². The van der Waals surface area contributed by atoms with E-state index in [1.165, 1.54) is 5.56 Å². The number of aromatic carboxylic acids is 1. The number of fused-ring (bicyclic) bond motifs is 1. The first-order valence-corrected chi connectivity index (χ1v) is 4.40. The molecule has 2 aromatic carbocycles. The molecule has 73 valence electrons. The molecule has 0 spiro atoms. The fourth-order valence-electron chi connectivity index (χ4n) is 1.50. The summed E-state index contributed by atoms with van der Waals surface area (Å²) in [4.78, 5) is 10.7. The van der Waals surface area contributed by atoms with E-state index < -0.39 is 5.97 Å². The first kappa shape index (κ1) is 12.3. The quantitative estimate of drug-likeness (QED) is 0.868. The summed E-state index contributed by atoms with van der Waals surface area (Å²) in [6, 6.07) is 11.1. The smallest absolute Gasteiger partial charge is 0.335 e. The third-order valence-corrected chi connectivity index (χ3v) is 2.24. The van der Waals surface area contributed by atoms with Gasteiger partial charge in [0.25, 0.3) is 0 Å². The number of rotatable bonds is 1. The summed E-state index contributed by atoms with van der Waals surface area (Å²) in [5, 5.41) is 10.8. The van der Waals surface area contributed by atoms with Crippen LogP contribution in [0.3, 0.4) is 0 Å².